The van der Waals surface area contributed by atoms with E-state index in [9.17, 15) is 23.2 Å². The Morgan fingerprint density at radius 1 is 1.14 bits per heavy atom. The summed E-state index contributed by atoms with van der Waals surface area (Å²) in [7, 11) is 1.65. The van der Waals surface area contributed by atoms with Gasteiger partial charge in [0.05, 0.1) is 22.3 Å². The van der Waals surface area contributed by atoms with Crippen LogP contribution in [0.4, 0.5) is 30.9 Å². The van der Waals surface area contributed by atoms with E-state index in [0.29, 0.717) is 23.1 Å². The van der Waals surface area contributed by atoms with Crippen molar-refractivity contribution >= 4 is 46.2 Å². The fraction of sp³-hybridized carbons (Fsp3) is 0.320. The first-order valence-corrected chi connectivity index (χ1v) is 11.3. The number of primary amides is 1. The van der Waals surface area contributed by atoms with Crippen LogP contribution in [0.2, 0.25) is 0 Å². The van der Waals surface area contributed by atoms with Gasteiger partial charge in [0.1, 0.15) is 6.07 Å². The maximum atomic E-state index is 14.2. The van der Waals surface area contributed by atoms with E-state index >= 15 is 0 Å². The largest absolute Gasteiger partial charge is 0.370 e. The zero-order chi connectivity index (χ0) is 27.5. The second kappa shape index (κ2) is 10.6. The van der Waals surface area contributed by atoms with Crippen LogP contribution in [0.1, 0.15) is 39.2 Å². The van der Waals surface area contributed by atoms with E-state index in [1.54, 1.807) is 25.2 Å². The molecule has 0 spiro atoms. The molecule has 0 unspecified atom stereocenters. The number of amides is 4. The van der Waals surface area contributed by atoms with Gasteiger partial charge < -0.3 is 20.5 Å². The Hall–Kier alpha value is -4.53. The van der Waals surface area contributed by atoms with Crippen molar-refractivity contribution in [2.45, 2.75) is 40.2 Å². The Balaban J connectivity index is 1.91. The van der Waals surface area contributed by atoms with Gasteiger partial charge in [0.2, 0.25) is 17.8 Å². The molecule has 0 aliphatic heterocycles. The summed E-state index contributed by atoms with van der Waals surface area (Å²) in [4.78, 5) is 42.6. The van der Waals surface area contributed by atoms with Gasteiger partial charge >= 0.3 is 6.03 Å². The molecular formula is C25H27F2N7O3. The number of nitriles is 1. The first kappa shape index (κ1) is 27.1. The molecular weight excluding hydrogens is 484 g/mol. The highest BCUT2D eigenvalue weighted by atomic mass is 19.2. The van der Waals surface area contributed by atoms with Crippen LogP contribution in [-0.4, -0.2) is 34.4 Å². The number of hydrogen-bond donors (Lipinski definition) is 3. The van der Waals surface area contributed by atoms with E-state index in [1.807, 2.05) is 20.8 Å². The SMILES string of the molecule is CN(C(=O)CC(C)(C)C)c1ccc2c(c1)nc(NC(=O)Nc1ccc(C#N)c(F)c1F)n2CCC(N)=O. The van der Waals surface area contributed by atoms with Crippen LogP contribution in [0.5, 0.6) is 0 Å². The molecule has 1 heterocycles. The number of hydrogen-bond acceptors (Lipinski definition) is 5. The summed E-state index contributed by atoms with van der Waals surface area (Å²) >= 11 is 0. The Morgan fingerprint density at radius 2 is 1.84 bits per heavy atom. The van der Waals surface area contributed by atoms with Gasteiger partial charge in [0, 0.05) is 32.1 Å². The summed E-state index contributed by atoms with van der Waals surface area (Å²) < 4.78 is 29.7. The normalized spacial score (nSPS) is 11.2. The molecule has 3 rings (SSSR count). The van der Waals surface area contributed by atoms with E-state index in [4.69, 9.17) is 11.0 Å². The fourth-order valence-corrected chi connectivity index (χ4v) is 3.57. The first-order valence-electron chi connectivity index (χ1n) is 11.3. The number of fused-ring (bicyclic) bond motifs is 1. The molecule has 0 atom stereocenters. The van der Waals surface area contributed by atoms with Crippen molar-refractivity contribution in [3.8, 4) is 6.07 Å². The molecule has 12 heteroatoms. The van der Waals surface area contributed by atoms with Gasteiger partial charge in [0.15, 0.2) is 11.6 Å². The summed E-state index contributed by atoms with van der Waals surface area (Å²) in [5, 5.41) is 13.5. The van der Waals surface area contributed by atoms with Crippen molar-refractivity contribution < 1.29 is 23.2 Å². The number of nitrogens with zero attached hydrogens (tertiary/aromatic N) is 4. The smallest absolute Gasteiger partial charge is 0.326 e. The van der Waals surface area contributed by atoms with E-state index in [-0.39, 0.29) is 30.2 Å². The summed E-state index contributed by atoms with van der Waals surface area (Å²) in [6.45, 7) is 5.97. The van der Waals surface area contributed by atoms with E-state index in [2.05, 4.69) is 15.6 Å². The summed E-state index contributed by atoms with van der Waals surface area (Å²) in [6.07, 6.45) is 0.275. The number of rotatable bonds is 7. The topological polar surface area (TPSA) is 146 Å². The second-order valence-corrected chi connectivity index (χ2v) is 9.65. The van der Waals surface area contributed by atoms with Gasteiger partial charge in [-0.25, -0.2) is 18.6 Å². The number of imidazole rings is 1. The minimum Gasteiger partial charge on any atom is -0.370 e. The lowest BCUT2D eigenvalue weighted by molar-refractivity contribution is -0.120. The zero-order valence-electron chi connectivity index (χ0n) is 20.9. The lowest BCUT2D eigenvalue weighted by atomic mass is 9.91. The number of carbonyl (C=O) groups is 3. The number of carbonyl (C=O) groups excluding carboxylic acids is 3. The minimum absolute atomic E-state index is 0.0177. The molecule has 194 valence electrons. The lowest BCUT2D eigenvalue weighted by Gasteiger charge is -2.23. The van der Waals surface area contributed by atoms with Crippen LogP contribution in [0.25, 0.3) is 11.0 Å². The lowest BCUT2D eigenvalue weighted by Crippen LogP contribution is -2.29. The van der Waals surface area contributed by atoms with Gasteiger partial charge in [-0.2, -0.15) is 5.26 Å². The number of aryl methyl sites for hydroxylation is 1. The molecule has 0 aliphatic rings. The van der Waals surface area contributed by atoms with Gasteiger partial charge in [0.25, 0.3) is 0 Å². The third-order valence-electron chi connectivity index (χ3n) is 5.43. The Morgan fingerprint density at radius 3 is 2.46 bits per heavy atom. The highest BCUT2D eigenvalue weighted by molar-refractivity contribution is 6.00. The van der Waals surface area contributed by atoms with E-state index < -0.39 is 34.8 Å². The Kier molecular flexibility index (Phi) is 7.76. The maximum absolute atomic E-state index is 14.2. The fourth-order valence-electron chi connectivity index (χ4n) is 3.57. The number of aromatic nitrogens is 2. The average Bonchev–Trinajstić information content (AvgIpc) is 3.15. The Labute approximate surface area is 212 Å². The Bertz CT molecular complexity index is 1420. The van der Waals surface area contributed by atoms with Gasteiger partial charge in [-0.1, -0.05) is 20.8 Å². The van der Waals surface area contributed by atoms with Crippen molar-refractivity contribution in [2.75, 3.05) is 22.6 Å². The molecule has 4 amide bonds. The predicted octanol–water partition coefficient (Wildman–Crippen LogP) is 4.10. The monoisotopic (exact) mass is 511 g/mol. The summed E-state index contributed by atoms with van der Waals surface area (Å²) in [6, 6.07) is 7.74. The van der Waals surface area contributed by atoms with Crippen molar-refractivity contribution in [1.29, 1.82) is 5.26 Å². The van der Waals surface area contributed by atoms with Crippen molar-refractivity contribution in [2.24, 2.45) is 11.1 Å². The number of nitrogens with one attached hydrogen (secondary N) is 2. The van der Waals surface area contributed by atoms with Crippen molar-refractivity contribution in [3.63, 3.8) is 0 Å². The van der Waals surface area contributed by atoms with Crippen LogP contribution in [0.15, 0.2) is 30.3 Å². The van der Waals surface area contributed by atoms with Crippen LogP contribution in [0, 0.1) is 28.4 Å². The number of benzene rings is 2. The minimum atomic E-state index is -1.39. The highest BCUT2D eigenvalue weighted by Gasteiger charge is 2.22. The molecule has 0 bridgehead atoms. The highest BCUT2D eigenvalue weighted by Crippen LogP contribution is 2.28. The van der Waals surface area contributed by atoms with Crippen LogP contribution >= 0.6 is 0 Å². The molecule has 0 fully saturated rings. The number of nitrogens with two attached hydrogens (primary N) is 1. The predicted molar refractivity (Wildman–Crippen MR) is 135 cm³/mol. The quantitative estimate of drug-likeness (QED) is 0.437. The van der Waals surface area contributed by atoms with Crippen molar-refractivity contribution in [1.82, 2.24) is 9.55 Å². The van der Waals surface area contributed by atoms with Gasteiger partial charge in [-0.05, 0) is 35.7 Å². The molecule has 0 aliphatic carbocycles. The van der Waals surface area contributed by atoms with Crippen LogP contribution in [-0.2, 0) is 16.1 Å². The number of urea groups is 1. The third-order valence-corrected chi connectivity index (χ3v) is 5.43. The average molecular weight is 512 g/mol. The van der Waals surface area contributed by atoms with Crippen LogP contribution in [0.3, 0.4) is 0 Å². The molecule has 37 heavy (non-hydrogen) atoms. The molecule has 0 saturated heterocycles. The van der Waals surface area contributed by atoms with Gasteiger partial charge in [-0.15, -0.1) is 0 Å². The van der Waals surface area contributed by atoms with Crippen molar-refractivity contribution in [3.05, 3.63) is 47.5 Å². The molecule has 0 radical (unpaired) electrons. The summed E-state index contributed by atoms with van der Waals surface area (Å²) in [5.41, 5.74) is 5.66. The molecule has 4 N–H and O–H groups in total. The number of anilines is 3. The third kappa shape index (κ3) is 6.38. The molecule has 0 saturated carbocycles. The maximum Gasteiger partial charge on any atom is 0.326 e. The standard InChI is InChI=1S/C25H27F2N7O3/c1-25(2,3)12-20(36)33(4)15-6-8-18-17(11-15)30-23(34(18)10-9-19(29)35)32-24(37)31-16-7-5-14(13-28)21(26)22(16)27/h5-8,11H,9-10,12H2,1-4H3,(H2,29,35)(H2,30,31,32,37). The second-order valence-electron chi connectivity index (χ2n) is 9.65. The number of halogens is 2. The van der Waals surface area contributed by atoms with Gasteiger partial charge in [-0.3, -0.25) is 14.9 Å². The zero-order valence-corrected chi connectivity index (χ0v) is 20.9. The molecule has 1 aromatic heterocycles. The van der Waals surface area contributed by atoms with E-state index in [1.165, 1.54) is 15.5 Å². The van der Waals surface area contributed by atoms with E-state index in [0.717, 1.165) is 12.1 Å². The molecule has 3 aromatic rings. The molecule has 10 nitrogen and oxygen atoms in total. The summed E-state index contributed by atoms with van der Waals surface area (Å²) in [5.74, 6) is -3.41. The molecule has 2 aromatic carbocycles. The first-order chi connectivity index (χ1) is 17.3. The van der Waals surface area contributed by atoms with Crippen LogP contribution < -0.4 is 21.3 Å².